The number of rotatable bonds is 3. The van der Waals surface area contributed by atoms with Crippen LogP contribution in [-0.4, -0.2) is 16.4 Å². The lowest BCUT2D eigenvalue weighted by atomic mass is 9.53. The van der Waals surface area contributed by atoms with E-state index in [4.69, 9.17) is 10.7 Å². The molecule has 6 heteroatoms. The predicted molar refractivity (Wildman–Crippen MR) is 116 cm³/mol. The molecule has 0 aliphatic heterocycles. The maximum atomic E-state index is 13.2. The molecular weight excluding hydrogens is 386 g/mol. The Kier molecular flexibility index (Phi) is 3.66. The molecule has 144 valence electrons. The summed E-state index contributed by atoms with van der Waals surface area (Å²) in [6, 6.07) is 8.10. The molecule has 1 amide bonds. The number of carbonyl (C=O) groups is 1. The molecule has 0 unspecified atom stereocenters. The van der Waals surface area contributed by atoms with Crippen molar-refractivity contribution in [3.05, 3.63) is 34.5 Å². The average Bonchev–Trinajstić information content (AvgIpc) is 3.28. The minimum Gasteiger partial charge on any atom is -0.397 e. The van der Waals surface area contributed by atoms with Crippen LogP contribution in [-0.2, 0) is 0 Å². The van der Waals surface area contributed by atoms with Crippen molar-refractivity contribution in [2.45, 2.75) is 44.1 Å². The Bertz CT molecular complexity index is 1030. The molecule has 0 spiro atoms. The van der Waals surface area contributed by atoms with Crippen molar-refractivity contribution in [3.8, 4) is 10.6 Å². The molecule has 4 aliphatic carbocycles. The summed E-state index contributed by atoms with van der Waals surface area (Å²) in [7, 11) is 0. The average molecular weight is 410 g/mol. The summed E-state index contributed by atoms with van der Waals surface area (Å²) in [5.74, 6) is 2.42. The fourth-order valence-corrected chi connectivity index (χ4v) is 7.97. The van der Waals surface area contributed by atoms with E-state index < -0.39 is 0 Å². The third-order valence-electron chi connectivity index (χ3n) is 6.99. The summed E-state index contributed by atoms with van der Waals surface area (Å²) in [5, 5.41) is 6.39. The summed E-state index contributed by atoms with van der Waals surface area (Å²) in [6.45, 7) is 0. The maximum Gasteiger partial charge on any atom is 0.264 e. The predicted octanol–water partition coefficient (Wildman–Crippen LogP) is 5.31. The number of fused-ring (bicyclic) bond motifs is 1. The van der Waals surface area contributed by atoms with E-state index in [0.717, 1.165) is 57.8 Å². The van der Waals surface area contributed by atoms with E-state index in [1.54, 1.807) is 11.3 Å². The number of amides is 1. The van der Waals surface area contributed by atoms with Crippen LogP contribution in [0.15, 0.2) is 29.6 Å². The molecule has 4 bridgehead atoms. The van der Waals surface area contributed by atoms with Crippen LogP contribution in [0.1, 0.15) is 48.2 Å². The largest absolute Gasteiger partial charge is 0.397 e. The number of anilines is 1. The number of pyridine rings is 1. The van der Waals surface area contributed by atoms with Gasteiger partial charge in [-0.1, -0.05) is 6.07 Å². The zero-order valence-corrected chi connectivity index (χ0v) is 17.2. The van der Waals surface area contributed by atoms with Gasteiger partial charge < -0.3 is 11.1 Å². The second-order valence-corrected chi connectivity index (χ2v) is 11.0. The second-order valence-electron chi connectivity index (χ2n) is 9.02. The van der Waals surface area contributed by atoms with Gasteiger partial charge in [-0.05, 0) is 79.9 Å². The van der Waals surface area contributed by atoms with Gasteiger partial charge in [0.1, 0.15) is 9.71 Å². The topological polar surface area (TPSA) is 68.0 Å². The van der Waals surface area contributed by atoms with Crippen LogP contribution in [0.2, 0.25) is 0 Å². The quantitative estimate of drug-likeness (QED) is 0.616. The fourth-order valence-electron chi connectivity index (χ4n) is 6.29. The van der Waals surface area contributed by atoms with Crippen LogP contribution >= 0.6 is 22.7 Å². The van der Waals surface area contributed by atoms with Gasteiger partial charge in [-0.25, -0.2) is 4.98 Å². The van der Waals surface area contributed by atoms with Crippen molar-refractivity contribution < 1.29 is 4.79 Å². The van der Waals surface area contributed by atoms with Crippen LogP contribution in [0.5, 0.6) is 0 Å². The lowest BCUT2D eigenvalue weighted by molar-refractivity contribution is -0.0166. The summed E-state index contributed by atoms with van der Waals surface area (Å²) >= 11 is 3.10. The normalized spacial score (nSPS) is 30.8. The Labute approximate surface area is 172 Å². The number of nitrogens with one attached hydrogen (secondary N) is 1. The molecule has 3 aromatic rings. The maximum absolute atomic E-state index is 13.2. The van der Waals surface area contributed by atoms with Gasteiger partial charge in [0.15, 0.2) is 0 Å². The lowest BCUT2D eigenvalue weighted by Gasteiger charge is -2.56. The first-order valence-electron chi connectivity index (χ1n) is 10.1. The molecule has 4 nitrogen and oxygen atoms in total. The van der Waals surface area contributed by atoms with E-state index in [9.17, 15) is 4.79 Å². The Morgan fingerprint density at radius 2 is 1.82 bits per heavy atom. The molecule has 4 fully saturated rings. The number of carbonyl (C=O) groups excluding carboxylic acids is 1. The number of nitrogen functional groups attached to an aromatic ring is 1. The first-order valence-corrected chi connectivity index (χ1v) is 11.8. The van der Waals surface area contributed by atoms with Crippen LogP contribution in [0.25, 0.3) is 20.8 Å². The van der Waals surface area contributed by atoms with E-state index >= 15 is 0 Å². The fraction of sp³-hybridized carbons (Fsp3) is 0.455. The van der Waals surface area contributed by atoms with E-state index in [1.165, 1.54) is 30.6 Å². The molecule has 3 N–H and O–H groups in total. The van der Waals surface area contributed by atoms with Crippen molar-refractivity contribution in [2.75, 3.05) is 5.73 Å². The van der Waals surface area contributed by atoms with E-state index in [2.05, 4.69) is 11.4 Å². The van der Waals surface area contributed by atoms with Crippen LogP contribution < -0.4 is 11.1 Å². The first kappa shape index (κ1) is 17.0. The molecule has 3 aromatic heterocycles. The number of hydrogen-bond acceptors (Lipinski definition) is 5. The second kappa shape index (κ2) is 6.04. The molecule has 4 aliphatic rings. The van der Waals surface area contributed by atoms with Crippen molar-refractivity contribution in [2.24, 2.45) is 17.8 Å². The van der Waals surface area contributed by atoms with Crippen LogP contribution in [0.4, 0.5) is 5.69 Å². The zero-order chi connectivity index (χ0) is 18.9. The number of thiophene rings is 2. The van der Waals surface area contributed by atoms with Gasteiger partial charge in [0.05, 0.1) is 16.3 Å². The number of aromatic nitrogens is 1. The molecule has 7 rings (SSSR count). The third-order valence-corrected chi connectivity index (χ3v) is 9.00. The first-order chi connectivity index (χ1) is 13.6. The minimum atomic E-state index is 0.000114. The smallest absolute Gasteiger partial charge is 0.264 e. The highest BCUT2D eigenvalue weighted by molar-refractivity contribution is 7.21. The van der Waals surface area contributed by atoms with Gasteiger partial charge in [-0.2, -0.15) is 0 Å². The highest BCUT2D eigenvalue weighted by atomic mass is 32.1. The Morgan fingerprint density at radius 1 is 1.11 bits per heavy atom. The van der Waals surface area contributed by atoms with Gasteiger partial charge >= 0.3 is 0 Å². The van der Waals surface area contributed by atoms with Crippen molar-refractivity contribution in [3.63, 3.8) is 0 Å². The molecule has 0 radical (unpaired) electrons. The monoisotopic (exact) mass is 409 g/mol. The summed E-state index contributed by atoms with van der Waals surface area (Å²) in [4.78, 5) is 20.6. The lowest BCUT2D eigenvalue weighted by Crippen LogP contribution is -2.59. The summed E-state index contributed by atoms with van der Waals surface area (Å²) < 4.78 is 0. The van der Waals surface area contributed by atoms with E-state index in [-0.39, 0.29) is 11.4 Å². The highest BCUT2D eigenvalue weighted by Gasteiger charge is 2.51. The van der Waals surface area contributed by atoms with Crippen LogP contribution in [0.3, 0.4) is 0 Å². The molecule has 4 saturated carbocycles. The van der Waals surface area contributed by atoms with Gasteiger partial charge in [-0.3, -0.25) is 4.79 Å². The summed E-state index contributed by atoms with van der Waals surface area (Å²) in [6.07, 6.45) is 7.56. The van der Waals surface area contributed by atoms with Crippen molar-refractivity contribution >= 4 is 44.5 Å². The molecule has 3 heterocycles. The standard InChI is InChI=1S/C22H23N3OS2/c23-18-15-3-4-16(17-2-1-5-27-17)24-21(15)28-19(18)20(26)25-22-9-12-6-13(10-22)8-14(7-12)11-22/h1-5,12-14H,6-11,23H2,(H,25,26)/t12-,13-,14?,22?/m1/s1. The van der Waals surface area contributed by atoms with Gasteiger partial charge in [0, 0.05) is 10.9 Å². The molecule has 0 saturated heterocycles. The Balaban J connectivity index is 1.32. The highest BCUT2D eigenvalue weighted by Crippen LogP contribution is 2.55. The van der Waals surface area contributed by atoms with E-state index in [0.29, 0.717) is 10.6 Å². The van der Waals surface area contributed by atoms with Crippen LogP contribution in [0, 0.1) is 17.8 Å². The van der Waals surface area contributed by atoms with Gasteiger partial charge in [0.25, 0.3) is 5.91 Å². The van der Waals surface area contributed by atoms with Gasteiger partial charge in [-0.15, -0.1) is 22.7 Å². The van der Waals surface area contributed by atoms with Gasteiger partial charge in [0.2, 0.25) is 0 Å². The van der Waals surface area contributed by atoms with Crippen molar-refractivity contribution in [1.29, 1.82) is 0 Å². The zero-order valence-electron chi connectivity index (χ0n) is 15.6. The minimum absolute atomic E-state index is 0.000114. The molecule has 28 heavy (non-hydrogen) atoms. The number of hydrogen-bond donors (Lipinski definition) is 2. The summed E-state index contributed by atoms with van der Waals surface area (Å²) in [5.41, 5.74) is 7.91. The Morgan fingerprint density at radius 3 is 2.46 bits per heavy atom. The molecule has 0 aromatic carbocycles. The molecular formula is C22H23N3OS2. The number of nitrogens with zero attached hydrogens (tertiary/aromatic N) is 1. The molecule has 0 atom stereocenters. The Hall–Kier alpha value is -1.92. The van der Waals surface area contributed by atoms with Crippen molar-refractivity contribution in [1.82, 2.24) is 10.3 Å². The third kappa shape index (κ3) is 2.61. The number of nitrogens with two attached hydrogens (primary N) is 1. The van der Waals surface area contributed by atoms with E-state index in [1.807, 2.05) is 23.6 Å². The SMILES string of the molecule is Nc1c(C(=O)NC23CC4C[C@H](C2)C[C@H](C4)C3)sc2nc(-c3cccs3)ccc12.